The zero-order chi connectivity index (χ0) is 40.4. The molecule has 13 nitrogen and oxygen atoms in total. The van der Waals surface area contributed by atoms with Crippen molar-refractivity contribution in [1.29, 1.82) is 0 Å². The number of benzene rings is 1. The van der Waals surface area contributed by atoms with Crippen LogP contribution in [-0.4, -0.2) is 91.4 Å². The number of hydrogen-bond acceptors (Lipinski definition) is 13. The van der Waals surface area contributed by atoms with Crippen molar-refractivity contribution in [3.63, 3.8) is 0 Å². The summed E-state index contributed by atoms with van der Waals surface area (Å²) in [4.78, 5) is 79.6. The lowest BCUT2D eigenvalue weighted by Gasteiger charge is -2.59. The lowest BCUT2D eigenvalue weighted by molar-refractivity contribution is -0.214. The van der Waals surface area contributed by atoms with Gasteiger partial charge < -0.3 is 28.4 Å². The van der Waals surface area contributed by atoms with Gasteiger partial charge in [-0.05, 0) is 73.4 Å². The number of esters is 6. The predicted molar refractivity (Wildman–Crippen MR) is 195 cm³/mol. The molecule has 0 heterocycles. The molecule has 0 spiro atoms. The van der Waals surface area contributed by atoms with Crippen LogP contribution in [-0.2, 0) is 57.2 Å². The van der Waals surface area contributed by atoms with E-state index in [4.69, 9.17) is 28.4 Å². The lowest BCUT2D eigenvalue weighted by Crippen LogP contribution is -2.64. The number of carbonyl (C=O) groups excluding carboxylic acids is 6. The maximum absolute atomic E-state index is 14.3. The molecule has 54 heavy (non-hydrogen) atoms. The van der Waals surface area contributed by atoms with Gasteiger partial charge in [0.1, 0.15) is 18.3 Å². The second-order valence-corrected chi connectivity index (χ2v) is 15.7. The van der Waals surface area contributed by atoms with Gasteiger partial charge in [-0.3, -0.25) is 28.9 Å². The summed E-state index contributed by atoms with van der Waals surface area (Å²) in [5.41, 5.74) is 0.499. The minimum Gasteiger partial charge on any atom is -0.462 e. The third kappa shape index (κ3) is 8.56. The van der Waals surface area contributed by atoms with Crippen molar-refractivity contribution in [2.45, 2.75) is 124 Å². The zero-order valence-corrected chi connectivity index (χ0v) is 33.3. The van der Waals surface area contributed by atoms with E-state index in [2.05, 4.69) is 6.58 Å². The minimum atomic E-state index is -1.38. The molecule has 0 amide bonds. The molecule has 0 aliphatic heterocycles. The molecule has 0 aromatic heterocycles. The molecule has 0 unspecified atom stereocenters. The number of nitrogens with zero attached hydrogens (tertiary/aromatic N) is 1. The van der Waals surface area contributed by atoms with E-state index in [1.54, 1.807) is 19.0 Å². The first-order chi connectivity index (χ1) is 25.1. The highest BCUT2D eigenvalue weighted by molar-refractivity contribution is 5.80. The molecular formula is C41H55NO12. The van der Waals surface area contributed by atoms with E-state index in [0.717, 1.165) is 0 Å². The topological polar surface area (TPSA) is 161 Å². The lowest BCUT2D eigenvalue weighted by atomic mass is 9.49. The molecule has 2 bridgehead atoms. The van der Waals surface area contributed by atoms with Crippen LogP contribution >= 0.6 is 0 Å². The molecule has 2 fully saturated rings. The average Bonchev–Trinajstić information content (AvgIpc) is 3.04. The first kappa shape index (κ1) is 42.2. The fourth-order valence-electron chi connectivity index (χ4n) is 9.13. The Hall–Kier alpha value is -4.52. The summed E-state index contributed by atoms with van der Waals surface area (Å²) in [6.07, 6.45) is -5.89. The van der Waals surface area contributed by atoms with E-state index in [0.29, 0.717) is 35.1 Å². The fourth-order valence-corrected chi connectivity index (χ4v) is 9.13. The van der Waals surface area contributed by atoms with Crippen LogP contribution in [0, 0.1) is 22.7 Å². The van der Waals surface area contributed by atoms with Crippen molar-refractivity contribution in [1.82, 2.24) is 4.90 Å². The average molecular weight is 754 g/mol. The summed E-state index contributed by atoms with van der Waals surface area (Å²) in [5, 5.41) is 0. The molecule has 4 rings (SSSR count). The minimum absolute atomic E-state index is 0.0887. The molecule has 3 aliphatic carbocycles. The highest BCUT2D eigenvalue weighted by Gasteiger charge is 2.64. The van der Waals surface area contributed by atoms with Gasteiger partial charge in [-0.15, -0.1) is 0 Å². The number of fused-ring (bicyclic) bond motifs is 3. The predicted octanol–water partition coefficient (Wildman–Crippen LogP) is 5.21. The highest BCUT2D eigenvalue weighted by Crippen LogP contribution is 2.61. The molecule has 2 saturated carbocycles. The molecule has 13 heteroatoms. The van der Waals surface area contributed by atoms with Gasteiger partial charge in [0.05, 0.1) is 11.5 Å². The molecule has 1 aromatic rings. The van der Waals surface area contributed by atoms with Crippen LogP contribution in [0.3, 0.4) is 0 Å². The van der Waals surface area contributed by atoms with Crippen LogP contribution in [0.1, 0.15) is 93.2 Å². The Morgan fingerprint density at radius 3 is 1.83 bits per heavy atom. The van der Waals surface area contributed by atoms with E-state index in [1.807, 2.05) is 58.0 Å². The van der Waals surface area contributed by atoms with E-state index in [1.165, 1.54) is 34.6 Å². The molecule has 0 radical (unpaired) electrons. The number of likely N-dealkylation sites (N-methyl/N-ethyl adjacent to an activating group) is 1. The Morgan fingerprint density at radius 1 is 0.741 bits per heavy atom. The Labute approximate surface area is 317 Å². The van der Waals surface area contributed by atoms with Gasteiger partial charge in [0.2, 0.25) is 6.10 Å². The van der Waals surface area contributed by atoms with Crippen molar-refractivity contribution in [3.05, 3.63) is 59.2 Å². The summed E-state index contributed by atoms with van der Waals surface area (Å²) in [6, 6.07) is 8.38. The highest BCUT2D eigenvalue weighted by atomic mass is 16.6. The molecular weight excluding hydrogens is 698 g/mol. The summed E-state index contributed by atoms with van der Waals surface area (Å²) in [7, 11) is 3.51. The van der Waals surface area contributed by atoms with E-state index < -0.39 is 95.2 Å². The number of hydrogen-bond donors (Lipinski definition) is 0. The molecule has 0 N–H and O–H groups in total. The van der Waals surface area contributed by atoms with Crippen molar-refractivity contribution < 1.29 is 57.2 Å². The van der Waals surface area contributed by atoms with Crippen LogP contribution in [0.4, 0.5) is 0 Å². The number of carbonyl (C=O) groups is 6. The van der Waals surface area contributed by atoms with Crippen LogP contribution in [0.2, 0.25) is 0 Å². The van der Waals surface area contributed by atoms with E-state index in [9.17, 15) is 28.8 Å². The zero-order valence-electron chi connectivity index (χ0n) is 33.3. The van der Waals surface area contributed by atoms with Crippen LogP contribution < -0.4 is 0 Å². The Bertz CT molecular complexity index is 1680. The monoisotopic (exact) mass is 753 g/mol. The van der Waals surface area contributed by atoms with Gasteiger partial charge in [-0.2, -0.15) is 0 Å². The van der Waals surface area contributed by atoms with Gasteiger partial charge in [0.25, 0.3) is 0 Å². The molecule has 1 aromatic carbocycles. The SMILES string of the molecule is C=C1[C@@H](OC(=O)[C@H](OC(C)=O)[C@@H](c2ccccc2)N(C)C)C[C@H](OC(C)=O)[C@]2(C)[C@@H]1C[C@H]1C[C@H](OC(C)=O)C(C)=C([C@@H](OC(C)=O)[C@@H]2OC(C)=O)C1(C)C. The smallest absolute Gasteiger partial charge is 0.350 e. The quantitative estimate of drug-likeness (QED) is 0.174. The third-order valence-electron chi connectivity index (χ3n) is 11.5. The molecule has 3 aliphatic rings. The maximum Gasteiger partial charge on any atom is 0.350 e. The van der Waals surface area contributed by atoms with Gasteiger partial charge in [-0.1, -0.05) is 57.7 Å². The van der Waals surface area contributed by atoms with Crippen LogP contribution in [0.5, 0.6) is 0 Å². The van der Waals surface area contributed by atoms with Crippen LogP contribution in [0.15, 0.2) is 53.6 Å². The van der Waals surface area contributed by atoms with Crippen LogP contribution in [0.25, 0.3) is 0 Å². The fraction of sp³-hybridized carbons (Fsp3) is 0.610. The maximum atomic E-state index is 14.3. The van der Waals surface area contributed by atoms with Gasteiger partial charge in [-0.25, -0.2) is 4.79 Å². The Kier molecular flexibility index (Phi) is 12.9. The summed E-state index contributed by atoms with van der Waals surface area (Å²) in [5.74, 6) is -4.87. The number of ether oxygens (including phenoxy) is 6. The van der Waals surface area contributed by atoms with Crippen molar-refractivity contribution in [2.75, 3.05) is 14.1 Å². The van der Waals surface area contributed by atoms with E-state index in [-0.39, 0.29) is 12.3 Å². The second kappa shape index (κ2) is 16.5. The molecule has 0 saturated heterocycles. The Morgan fingerprint density at radius 2 is 1.31 bits per heavy atom. The summed E-state index contributed by atoms with van der Waals surface area (Å²) >= 11 is 0. The number of rotatable bonds is 10. The van der Waals surface area contributed by atoms with E-state index >= 15 is 0 Å². The molecule has 296 valence electrons. The third-order valence-corrected chi connectivity index (χ3v) is 11.5. The summed E-state index contributed by atoms with van der Waals surface area (Å²) < 4.78 is 36.1. The standard InChI is InChI=1S/C41H55NO12/c1-21-30-18-29-19-31(49-23(3)43)22(2)34(40(29,8)9)36(51-25(5)45)38(53-27(7)47)41(30,10)33(50-24(4)44)20-32(21)54-39(48)37(52-26(6)46)35(42(11)12)28-16-14-13-15-17-28/h13-17,29-33,35-38H,1,18-20H2,2-12H3/t29-,30+,31-,32-,33-,35+,36+,37+,38-,41-/m0/s1. The van der Waals surface area contributed by atoms with Gasteiger partial charge >= 0.3 is 35.8 Å². The van der Waals surface area contributed by atoms with Gasteiger partial charge in [0.15, 0.2) is 12.2 Å². The summed E-state index contributed by atoms with van der Waals surface area (Å²) in [6.45, 7) is 18.4. The first-order valence-corrected chi connectivity index (χ1v) is 18.3. The van der Waals surface area contributed by atoms with Crippen molar-refractivity contribution in [3.8, 4) is 0 Å². The van der Waals surface area contributed by atoms with Crippen molar-refractivity contribution in [2.24, 2.45) is 22.7 Å². The normalized spacial score (nSPS) is 30.0. The van der Waals surface area contributed by atoms with Gasteiger partial charge in [0, 0.05) is 41.0 Å². The first-order valence-electron chi connectivity index (χ1n) is 18.3. The largest absolute Gasteiger partial charge is 0.462 e. The Balaban J connectivity index is 1.91. The molecule has 10 atom stereocenters. The van der Waals surface area contributed by atoms with Crippen molar-refractivity contribution >= 4 is 35.8 Å². The second-order valence-electron chi connectivity index (χ2n) is 15.7.